The molecule has 1 N–H and O–H groups in total. The van der Waals surface area contributed by atoms with Crippen LogP contribution in [-0.4, -0.2) is 28.4 Å². The fourth-order valence-corrected chi connectivity index (χ4v) is 2.52. The number of aliphatic hydroxyl groups excluding tert-OH is 1. The zero-order valence-electron chi connectivity index (χ0n) is 10.8. The van der Waals surface area contributed by atoms with E-state index in [1.807, 2.05) is 6.92 Å². The van der Waals surface area contributed by atoms with Crippen molar-refractivity contribution in [2.24, 2.45) is 0 Å². The second-order valence-corrected chi connectivity index (χ2v) is 5.31. The van der Waals surface area contributed by atoms with Crippen molar-refractivity contribution in [3.63, 3.8) is 0 Å². The first-order chi connectivity index (χ1) is 9.47. The topological polar surface area (TPSA) is 57.6 Å². The van der Waals surface area contributed by atoms with Gasteiger partial charge in [-0.05, 0) is 18.6 Å². The predicted octanol–water partition coefficient (Wildman–Crippen LogP) is 3.43. The molecule has 0 atom stereocenters. The van der Waals surface area contributed by atoms with E-state index >= 15 is 0 Å². The maximum atomic E-state index is 12.3. The average Bonchev–Trinajstić information content (AvgIpc) is 2.60. The molecule has 0 saturated carbocycles. The van der Waals surface area contributed by atoms with Gasteiger partial charge < -0.3 is 5.11 Å². The van der Waals surface area contributed by atoms with Gasteiger partial charge in [0.2, 0.25) is 0 Å². The monoisotopic (exact) mass is 313 g/mol. The number of halogens is 2. The molecular formula is C14H13Cl2NO3. The third kappa shape index (κ3) is 2.53. The van der Waals surface area contributed by atoms with Crippen LogP contribution in [0, 0.1) is 0 Å². The van der Waals surface area contributed by atoms with E-state index in [0.717, 1.165) is 11.3 Å². The average molecular weight is 314 g/mol. The lowest BCUT2D eigenvalue weighted by Gasteiger charge is -2.13. The smallest absolute Gasteiger partial charge is 0.296 e. The highest BCUT2D eigenvalue weighted by atomic mass is 35.5. The Morgan fingerprint density at radius 3 is 2.50 bits per heavy atom. The Hall–Kier alpha value is -1.52. The van der Waals surface area contributed by atoms with E-state index in [-0.39, 0.29) is 17.1 Å². The Bertz CT molecular complexity index is 610. The van der Waals surface area contributed by atoms with Crippen molar-refractivity contribution < 1.29 is 14.7 Å². The minimum atomic E-state index is -0.676. The minimum absolute atomic E-state index is 0.0623. The lowest BCUT2D eigenvalue weighted by Crippen LogP contribution is -2.32. The molecule has 6 heteroatoms. The number of amides is 2. The van der Waals surface area contributed by atoms with Crippen LogP contribution in [0.3, 0.4) is 0 Å². The molecule has 106 valence electrons. The first kappa shape index (κ1) is 14.9. The highest BCUT2D eigenvalue weighted by molar-refractivity contribution is 6.40. The number of benzene rings is 1. The molecule has 1 aliphatic heterocycles. The molecule has 0 saturated heterocycles. The van der Waals surface area contributed by atoms with Crippen molar-refractivity contribution in [2.45, 2.75) is 19.8 Å². The minimum Gasteiger partial charge on any atom is -0.502 e. The Morgan fingerprint density at radius 2 is 1.90 bits per heavy atom. The number of hydrogen-bond donors (Lipinski definition) is 1. The van der Waals surface area contributed by atoms with Gasteiger partial charge in [0.05, 0.1) is 10.6 Å². The number of aliphatic hydroxyl groups is 1. The first-order valence-electron chi connectivity index (χ1n) is 6.22. The van der Waals surface area contributed by atoms with Crippen molar-refractivity contribution in [3.8, 4) is 0 Å². The van der Waals surface area contributed by atoms with Gasteiger partial charge in [0.25, 0.3) is 11.8 Å². The summed E-state index contributed by atoms with van der Waals surface area (Å²) in [5, 5.41) is 10.6. The van der Waals surface area contributed by atoms with Crippen molar-refractivity contribution in [1.29, 1.82) is 0 Å². The Kier molecular flexibility index (Phi) is 4.35. The number of rotatable bonds is 4. The van der Waals surface area contributed by atoms with Crippen LogP contribution >= 0.6 is 23.2 Å². The summed E-state index contributed by atoms with van der Waals surface area (Å²) in [5.41, 5.74) is 0.249. The highest BCUT2D eigenvalue weighted by Gasteiger charge is 2.39. The summed E-state index contributed by atoms with van der Waals surface area (Å²) in [6.45, 7) is 2.24. The summed E-state index contributed by atoms with van der Waals surface area (Å²) >= 11 is 11.8. The molecule has 1 heterocycles. The largest absolute Gasteiger partial charge is 0.502 e. The standard InChI is InChI=1S/C14H13Cl2NO3/c1-2-3-6-17-13(19)11(12(18)14(17)20)9-5-4-8(15)7-10(9)16/h4-5,7,18H,2-3,6H2,1H3. The molecule has 0 unspecified atom stereocenters. The Balaban J connectivity index is 2.41. The molecule has 0 aliphatic carbocycles. The zero-order valence-corrected chi connectivity index (χ0v) is 12.3. The van der Waals surface area contributed by atoms with Crippen LogP contribution in [0.1, 0.15) is 25.3 Å². The summed E-state index contributed by atoms with van der Waals surface area (Å²) in [7, 11) is 0. The van der Waals surface area contributed by atoms with Gasteiger partial charge in [0.15, 0.2) is 5.76 Å². The van der Waals surface area contributed by atoms with E-state index in [4.69, 9.17) is 23.2 Å². The molecule has 2 amide bonds. The van der Waals surface area contributed by atoms with Gasteiger partial charge >= 0.3 is 0 Å². The molecule has 0 radical (unpaired) electrons. The third-order valence-corrected chi connectivity index (χ3v) is 3.63. The number of imide groups is 1. The molecular weight excluding hydrogens is 301 g/mol. The summed E-state index contributed by atoms with van der Waals surface area (Å²) in [4.78, 5) is 25.2. The fraction of sp³-hybridized carbons (Fsp3) is 0.286. The molecule has 0 fully saturated rings. The van der Waals surface area contributed by atoms with Crippen molar-refractivity contribution in [1.82, 2.24) is 4.90 Å². The lowest BCUT2D eigenvalue weighted by atomic mass is 10.1. The molecule has 2 rings (SSSR count). The van der Waals surface area contributed by atoms with Gasteiger partial charge in [-0.1, -0.05) is 42.6 Å². The van der Waals surface area contributed by atoms with E-state index in [1.165, 1.54) is 12.1 Å². The number of nitrogens with zero attached hydrogens (tertiary/aromatic N) is 1. The Morgan fingerprint density at radius 1 is 1.20 bits per heavy atom. The van der Waals surface area contributed by atoms with Gasteiger partial charge in [-0.3, -0.25) is 14.5 Å². The van der Waals surface area contributed by atoms with Crippen LogP contribution < -0.4 is 0 Å². The maximum Gasteiger partial charge on any atom is 0.296 e. The van der Waals surface area contributed by atoms with E-state index in [2.05, 4.69) is 0 Å². The normalized spacial score (nSPS) is 15.4. The van der Waals surface area contributed by atoms with Gasteiger partial charge in [-0.15, -0.1) is 0 Å². The van der Waals surface area contributed by atoms with E-state index in [9.17, 15) is 14.7 Å². The van der Waals surface area contributed by atoms with Crippen LogP contribution in [0.25, 0.3) is 5.57 Å². The predicted molar refractivity (Wildman–Crippen MR) is 77.6 cm³/mol. The van der Waals surface area contributed by atoms with Gasteiger partial charge in [-0.25, -0.2) is 0 Å². The lowest BCUT2D eigenvalue weighted by molar-refractivity contribution is -0.138. The van der Waals surface area contributed by atoms with Crippen LogP contribution in [0.4, 0.5) is 0 Å². The van der Waals surface area contributed by atoms with Crippen molar-refractivity contribution in [3.05, 3.63) is 39.6 Å². The van der Waals surface area contributed by atoms with Gasteiger partial charge in [-0.2, -0.15) is 0 Å². The molecule has 1 aromatic carbocycles. The summed E-state index contributed by atoms with van der Waals surface area (Å²) < 4.78 is 0. The van der Waals surface area contributed by atoms with Gasteiger partial charge in [0.1, 0.15) is 0 Å². The van der Waals surface area contributed by atoms with Crippen LogP contribution in [-0.2, 0) is 9.59 Å². The molecule has 0 aromatic heterocycles. The second-order valence-electron chi connectivity index (χ2n) is 4.46. The van der Waals surface area contributed by atoms with Crippen molar-refractivity contribution >= 4 is 40.6 Å². The second kappa shape index (κ2) is 5.85. The van der Waals surface area contributed by atoms with Crippen LogP contribution in [0.2, 0.25) is 10.0 Å². The number of unbranched alkanes of at least 4 members (excludes halogenated alkanes) is 1. The van der Waals surface area contributed by atoms with E-state index in [0.29, 0.717) is 17.0 Å². The number of hydrogen-bond acceptors (Lipinski definition) is 3. The van der Waals surface area contributed by atoms with Crippen LogP contribution in [0.5, 0.6) is 0 Å². The van der Waals surface area contributed by atoms with Gasteiger partial charge in [0, 0.05) is 17.1 Å². The maximum absolute atomic E-state index is 12.3. The Labute approximate surface area is 126 Å². The first-order valence-corrected chi connectivity index (χ1v) is 6.97. The molecule has 20 heavy (non-hydrogen) atoms. The highest BCUT2D eigenvalue weighted by Crippen LogP contribution is 2.33. The summed E-state index contributed by atoms with van der Waals surface area (Å²) in [6.07, 6.45) is 1.53. The SMILES string of the molecule is CCCCN1C(=O)C(O)=C(c2ccc(Cl)cc2Cl)C1=O. The van der Waals surface area contributed by atoms with E-state index < -0.39 is 17.6 Å². The van der Waals surface area contributed by atoms with E-state index in [1.54, 1.807) is 6.07 Å². The fourth-order valence-electron chi connectivity index (χ4n) is 2.02. The molecule has 4 nitrogen and oxygen atoms in total. The third-order valence-electron chi connectivity index (χ3n) is 3.08. The molecule has 0 bridgehead atoms. The van der Waals surface area contributed by atoms with Crippen LogP contribution in [0.15, 0.2) is 24.0 Å². The summed E-state index contributed by atoms with van der Waals surface area (Å²) in [5.74, 6) is -1.76. The number of carbonyl (C=O) groups is 2. The molecule has 1 aliphatic rings. The summed E-state index contributed by atoms with van der Waals surface area (Å²) in [6, 6.07) is 4.53. The molecule has 1 aromatic rings. The molecule has 0 spiro atoms. The zero-order chi connectivity index (χ0) is 14.9. The van der Waals surface area contributed by atoms with Crippen molar-refractivity contribution in [2.75, 3.05) is 6.54 Å². The number of carbonyl (C=O) groups excluding carboxylic acids is 2. The quantitative estimate of drug-likeness (QED) is 0.866.